The standard InChI is InChI=1S/C12H18Te/c1-2-3-4-8-11-13-12-9-6-5-7-10-12/h5-7,9-10H,2-4,8,11H2,1H3. The van der Waals surface area contributed by atoms with Crippen LogP contribution in [0.15, 0.2) is 30.3 Å². The van der Waals surface area contributed by atoms with E-state index in [9.17, 15) is 0 Å². The van der Waals surface area contributed by atoms with E-state index in [1.807, 2.05) is 0 Å². The van der Waals surface area contributed by atoms with Crippen LogP contribution in [0.3, 0.4) is 0 Å². The van der Waals surface area contributed by atoms with Crippen LogP contribution < -0.4 is 3.61 Å². The maximum absolute atomic E-state index is 2.28. The fourth-order valence-electron chi connectivity index (χ4n) is 1.24. The Morgan fingerprint density at radius 3 is 2.46 bits per heavy atom. The van der Waals surface area contributed by atoms with Gasteiger partial charge in [0.15, 0.2) is 0 Å². The first-order valence-corrected chi connectivity index (χ1v) is 7.92. The molecule has 0 nitrogen and oxygen atoms in total. The van der Waals surface area contributed by atoms with Crippen LogP contribution in [0.25, 0.3) is 0 Å². The van der Waals surface area contributed by atoms with Crippen molar-refractivity contribution in [2.75, 3.05) is 0 Å². The van der Waals surface area contributed by atoms with E-state index in [2.05, 4.69) is 37.3 Å². The Morgan fingerprint density at radius 1 is 1.00 bits per heavy atom. The molecule has 0 atom stereocenters. The van der Waals surface area contributed by atoms with Crippen LogP contribution in [-0.2, 0) is 0 Å². The number of unbranched alkanes of at least 4 members (excludes halogenated alkanes) is 3. The predicted octanol–water partition coefficient (Wildman–Crippen LogP) is 3.01. The molecule has 0 unspecified atom stereocenters. The third kappa shape index (κ3) is 5.34. The van der Waals surface area contributed by atoms with E-state index in [0.717, 1.165) is 0 Å². The van der Waals surface area contributed by atoms with E-state index in [-0.39, 0.29) is 20.9 Å². The molecule has 1 aromatic carbocycles. The molecule has 1 rings (SSSR count). The minimum absolute atomic E-state index is 0.137. The van der Waals surface area contributed by atoms with Gasteiger partial charge in [-0.05, 0) is 0 Å². The molecule has 0 aliphatic rings. The molecule has 13 heavy (non-hydrogen) atoms. The number of hydrogen-bond donors (Lipinski definition) is 0. The Balaban J connectivity index is 2.07. The van der Waals surface area contributed by atoms with Crippen LogP contribution in [0.4, 0.5) is 0 Å². The van der Waals surface area contributed by atoms with Crippen LogP contribution in [0.5, 0.6) is 0 Å². The molecular formula is C12H18Te. The molecule has 0 saturated carbocycles. The molecule has 0 saturated heterocycles. The van der Waals surface area contributed by atoms with Gasteiger partial charge >= 0.3 is 91.9 Å². The molecular weight excluding hydrogens is 272 g/mol. The number of benzene rings is 1. The molecule has 0 aromatic heterocycles. The average molecular weight is 290 g/mol. The first-order chi connectivity index (χ1) is 6.43. The Morgan fingerprint density at radius 2 is 1.77 bits per heavy atom. The Bertz CT molecular complexity index is 206. The quantitative estimate of drug-likeness (QED) is 0.558. The summed E-state index contributed by atoms with van der Waals surface area (Å²) in [6.45, 7) is 2.27. The van der Waals surface area contributed by atoms with Gasteiger partial charge in [0.05, 0.1) is 0 Å². The van der Waals surface area contributed by atoms with Gasteiger partial charge in [0.2, 0.25) is 0 Å². The molecule has 0 fully saturated rings. The molecule has 0 bridgehead atoms. The van der Waals surface area contributed by atoms with Crippen molar-refractivity contribution in [2.24, 2.45) is 0 Å². The fraction of sp³-hybridized carbons (Fsp3) is 0.500. The second kappa shape index (κ2) is 7.42. The summed E-state index contributed by atoms with van der Waals surface area (Å²) in [5, 5.41) is 0. The monoisotopic (exact) mass is 292 g/mol. The van der Waals surface area contributed by atoms with Gasteiger partial charge in [-0.2, -0.15) is 0 Å². The molecule has 0 radical (unpaired) electrons. The van der Waals surface area contributed by atoms with Crippen LogP contribution in [0.1, 0.15) is 32.6 Å². The van der Waals surface area contributed by atoms with Crippen molar-refractivity contribution in [1.82, 2.24) is 0 Å². The number of hydrogen-bond acceptors (Lipinski definition) is 0. The third-order valence-corrected chi connectivity index (χ3v) is 5.14. The molecule has 0 heterocycles. The zero-order valence-corrected chi connectivity index (χ0v) is 10.7. The third-order valence-electron chi connectivity index (χ3n) is 2.01. The molecule has 0 amide bonds. The van der Waals surface area contributed by atoms with Gasteiger partial charge in [0, 0.05) is 0 Å². The molecule has 0 aliphatic heterocycles. The van der Waals surface area contributed by atoms with Crippen molar-refractivity contribution in [1.29, 1.82) is 0 Å². The summed E-state index contributed by atoms with van der Waals surface area (Å²) >= 11 is 0.137. The van der Waals surface area contributed by atoms with Crippen LogP contribution in [0, 0.1) is 0 Å². The molecule has 0 aliphatic carbocycles. The predicted molar refractivity (Wildman–Crippen MR) is 60.8 cm³/mol. The van der Waals surface area contributed by atoms with Crippen LogP contribution in [-0.4, -0.2) is 20.9 Å². The van der Waals surface area contributed by atoms with E-state index in [0.29, 0.717) is 0 Å². The van der Waals surface area contributed by atoms with Gasteiger partial charge in [-0.25, -0.2) is 0 Å². The van der Waals surface area contributed by atoms with Gasteiger partial charge in [-0.3, -0.25) is 0 Å². The topological polar surface area (TPSA) is 0 Å². The van der Waals surface area contributed by atoms with Crippen LogP contribution in [0.2, 0.25) is 4.47 Å². The van der Waals surface area contributed by atoms with Gasteiger partial charge in [0.1, 0.15) is 0 Å². The van der Waals surface area contributed by atoms with E-state index in [1.54, 1.807) is 3.61 Å². The Labute approximate surface area is 91.8 Å². The summed E-state index contributed by atoms with van der Waals surface area (Å²) in [6.07, 6.45) is 5.66. The summed E-state index contributed by atoms with van der Waals surface area (Å²) in [6, 6.07) is 11.0. The first kappa shape index (κ1) is 11.1. The normalized spacial score (nSPS) is 10.2. The summed E-state index contributed by atoms with van der Waals surface area (Å²) in [5.41, 5.74) is 0. The summed E-state index contributed by atoms with van der Waals surface area (Å²) in [4.78, 5) is 0. The summed E-state index contributed by atoms with van der Waals surface area (Å²) < 4.78 is 3.10. The van der Waals surface area contributed by atoms with Crippen molar-refractivity contribution in [3.8, 4) is 0 Å². The van der Waals surface area contributed by atoms with E-state index < -0.39 is 0 Å². The molecule has 72 valence electrons. The van der Waals surface area contributed by atoms with Gasteiger partial charge in [-0.15, -0.1) is 0 Å². The van der Waals surface area contributed by atoms with Crippen LogP contribution >= 0.6 is 0 Å². The van der Waals surface area contributed by atoms with Crippen molar-refractivity contribution >= 4 is 24.5 Å². The van der Waals surface area contributed by atoms with Gasteiger partial charge in [0.25, 0.3) is 0 Å². The Kier molecular flexibility index (Phi) is 6.33. The van der Waals surface area contributed by atoms with Gasteiger partial charge in [-0.1, -0.05) is 0 Å². The van der Waals surface area contributed by atoms with Crippen molar-refractivity contribution < 1.29 is 0 Å². The van der Waals surface area contributed by atoms with E-state index >= 15 is 0 Å². The molecule has 1 aromatic rings. The minimum atomic E-state index is 0.137. The second-order valence-electron chi connectivity index (χ2n) is 3.22. The second-order valence-corrected chi connectivity index (χ2v) is 6.56. The first-order valence-electron chi connectivity index (χ1n) is 5.11. The molecule has 0 spiro atoms. The van der Waals surface area contributed by atoms with E-state index in [1.165, 1.54) is 30.2 Å². The average Bonchev–Trinajstić information content (AvgIpc) is 2.19. The molecule has 0 N–H and O–H groups in total. The maximum atomic E-state index is 2.28. The van der Waals surface area contributed by atoms with Crippen molar-refractivity contribution in [3.63, 3.8) is 0 Å². The molecule has 1 heteroatoms. The van der Waals surface area contributed by atoms with Gasteiger partial charge < -0.3 is 0 Å². The SMILES string of the molecule is CCCCCC[Te]c1ccccc1. The Hall–Kier alpha value is 0.00961. The van der Waals surface area contributed by atoms with Crippen molar-refractivity contribution in [3.05, 3.63) is 30.3 Å². The summed E-state index contributed by atoms with van der Waals surface area (Å²) in [7, 11) is 0. The zero-order valence-electron chi connectivity index (χ0n) is 8.33. The fourth-order valence-corrected chi connectivity index (χ4v) is 3.90. The summed E-state index contributed by atoms with van der Waals surface area (Å²) in [5.74, 6) is 0. The van der Waals surface area contributed by atoms with Crippen molar-refractivity contribution in [2.45, 2.75) is 37.1 Å². The number of rotatable bonds is 6. The van der Waals surface area contributed by atoms with E-state index in [4.69, 9.17) is 0 Å². The zero-order chi connectivity index (χ0) is 9.36.